The lowest BCUT2D eigenvalue weighted by molar-refractivity contribution is -0.160. The SMILES string of the molecule is C=CC[C@@H](C)C(=O)O[C@H](C[C@H](C)CCCC(=O)N(C)CC=C)C(C)(C)C. The molecule has 0 spiro atoms. The Hall–Kier alpha value is -1.58. The van der Waals surface area contributed by atoms with Crippen LogP contribution in [-0.4, -0.2) is 36.5 Å². The first-order chi connectivity index (χ1) is 12.0. The van der Waals surface area contributed by atoms with E-state index in [9.17, 15) is 9.59 Å². The number of esters is 1. The monoisotopic (exact) mass is 365 g/mol. The molecule has 0 aliphatic rings. The molecular formula is C22H39NO3. The molecule has 26 heavy (non-hydrogen) atoms. The maximum Gasteiger partial charge on any atom is 0.309 e. The quantitative estimate of drug-likeness (QED) is 0.361. The molecule has 3 atom stereocenters. The van der Waals surface area contributed by atoms with Crippen LogP contribution in [-0.2, 0) is 14.3 Å². The molecule has 0 radical (unpaired) electrons. The molecule has 1 amide bonds. The van der Waals surface area contributed by atoms with E-state index < -0.39 is 0 Å². The van der Waals surface area contributed by atoms with Crippen molar-refractivity contribution < 1.29 is 14.3 Å². The van der Waals surface area contributed by atoms with Crippen LogP contribution in [0.2, 0.25) is 0 Å². The fourth-order valence-corrected chi connectivity index (χ4v) is 2.75. The number of hydrogen-bond acceptors (Lipinski definition) is 3. The third-order valence-electron chi connectivity index (χ3n) is 4.68. The average molecular weight is 366 g/mol. The minimum Gasteiger partial charge on any atom is -0.462 e. The minimum atomic E-state index is -0.161. The summed E-state index contributed by atoms with van der Waals surface area (Å²) in [5, 5.41) is 0. The van der Waals surface area contributed by atoms with Crippen molar-refractivity contribution in [3.05, 3.63) is 25.3 Å². The van der Waals surface area contributed by atoms with Gasteiger partial charge in [0.1, 0.15) is 6.10 Å². The van der Waals surface area contributed by atoms with Crippen molar-refractivity contribution in [3.63, 3.8) is 0 Å². The van der Waals surface area contributed by atoms with E-state index in [1.165, 1.54) is 0 Å². The van der Waals surface area contributed by atoms with E-state index in [0.717, 1.165) is 19.3 Å². The molecule has 0 saturated heterocycles. The molecule has 0 aliphatic heterocycles. The number of ether oxygens (including phenoxy) is 1. The lowest BCUT2D eigenvalue weighted by Gasteiger charge is -2.33. The Morgan fingerprint density at radius 3 is 2.27 bits per heavy atom. The van der Waals surface area contributed by atoms with Crippen LogP contribution in [0, 0.1) is 17.3 Å². The van der Waals surface area contributed by atoms with Gasteiger partial charge in [-0.3, -0.25) is 9.59 Å². The molecule has 0 rings (SSSR count). The van der Waals surface area contributed by atoms with E-state index in [1.54, 1.807) is 24.1 Å². The summed E-state index contributed by atoms with van der Waals surface area (Å²) in [5.74, 6) is 0.220. The summed E-state index contributed by atoms with van der Waals surface area (Å²) in [7, 11) is 1.80. The highest BCUT2D eigenvalue weighted by Crippen LogP contribution is 2.30. The summed E-state index contributed by atoms with van der Waals surface area (Å²) >= 11 is 0. The summed E-state index contributed by atoms with van der Waals surface area (Å²) in [5.41, 5.74) is -0.113. The van der Waals surface area contributed by atoms with Gasteiger partial charge in [0.05, 0.1) is 5.92 Å². The topological polar surface area (TPSA) is 46.6 Å². The van der Waals surface area contributed by atoms with Crippen molar-refractivity contribution in [1.82, 2.24) is 4.90 Å². The van der Waals surface area contributed by atoms with Crippen LogP contribution in [0.15, 0.2) is 25.3 Å². The first-order valence-electron chi connectivity index (χ1n) is 9.69. The summed E-state index contributed by atoms with van der Waals surface area (Å²) < 4.78 is 5.82. The van der Waals surface area contributed by atoms with Gasteiger partial charge in [0.25, 0.3) is 0 Å². The Morgan fingerprint density at radius 1 is 1.15 bits per heavy atom. The molecule has 0 saturated carbocycles. The predicted molar refractivity (Wildman–Crippen MR) is 109 cm³/mol. The normalized spacial score (nSPS) is 14.8. The van der Waals surface area contributed by atoms with Gasteiger partial charge in [-0.15, -0.1) is 13.2 Å². The Kier molecular flexibility index (Phi) is 11.2. The molecule has 0 aromatic carbocycles. The van der Waals surface area contributed by atoms with Crippen LogP contribution in [0.5, 0.6) is 0 Å². The Bertz CT molecular complexity index is 464. The molecule has 0 aliphatic carbocycles. The van der Waals surface area contributed by atoms with E-state index in [-0.39, 0.29) is 29.3 Å². The molecule has 4 nitrogen and oxygen atoms in total. The molecule has 0 aromatic rings. The van der Waals surface area contributed by atoms with Crippen LogP contribution >= 0.6 is 0 Å². The number of nitrogens with zero attached hydrogens (tertiary/aromatic N) is 1. The van der Waals surface area contributed by atoms with Gasteiger partial charge in [-0.2, -0.15) is 0 Å². The molecule has 0 fully saturated rings. The van der Waals surface area contributed by atoms with Crippen molar-refractivity contribution in [2.24, 2.45) is 17.3 Å². The highest BCUT2D eigenvalue weighted by Gasteiger charge is 2.31. The number of amides is 1. The van der Waals surface area contributed by atoms with E-state index >= 15 is 0 Å². The van der Waals surface area contributed by atoms with Crippen molar-refractivity contribution in [3.8, 4) is 0 Å². The van der Waals surface area contributed by atoms with Gasteiger partial charge in [0, 0.05) is 20.0 Å². The maximum atomic E-state index is 12.3. The molecule has 0 unspecified atom stereocenters. The van der Waals surface area contributed by atoms with Crippen LogP contribution in [0.4, 0.5) is 0 Å². The zero-order chi connectivity index (χ0) is 20.3. The van der Waals surface area contributed by atoms with Gasteiger partial charge < -0.3 is 9.64 Å². The van der Waals surface area contributed by atoms with Gasteiger partial charge in [0.15, 0.2) is 0 Å². The number of carbonyl (C=O) groups is 2. The fraction of sp³-hybridized carbons (Fsp3) is 0.727. The predicted octanol–water partition coefficient (Wildman–Crippen LogP) is 5.00. The highest BCUT2D eigenvalue weighted by molar-refractivity contribution is 5.75. The number of likely N-dealkylation sites (N-methyl/N-ethyl adjacent to an activating group) is 1. The second-order valence-corrected chi connectivity index (χ2v) is 8.51. The summed E-state index contributed by atoms with van der Waals surface area (Å²) in [6.45, 7) is 18.3. The molecule has 0 N–H and O–H groups in total. The number of carbonyl (C=O) groups excluding carboxylic acids is 2. The molecule has 150 valence electrons. The first kappa shape index (κ1) is 24.4. The zero-order valence-corrected chi connectivity index (χ0v) is 17.7. The van der Waals surface area contributed by atoms with Gasteiger partial charge in [-0.1, -0.05) is 53.2 Å². The third kappa shape index (κ3) is 9.79. The second kappa shape index (κ2) is 11.9. The lowest BCUT2D eigenvalue weighted by Crippen LogP contribution is -2.35. The van der Waals surface area contributed by atoms with Crippen molar-refractivity contribution in [2.75, 3.05) is 13.6 Å². The molecular weight excluding hydrogens is 326 g/mol. The van der Waals surface area contributed by atoms with Crippen LogP contribution < -0.4 is 0 Å². The minimum absolute atomic E-state index is 0.113. The average Bonchev–Trinajstić information content (AvgIpc) is 2.53. The van der Waals surface area contributed by atoms with E-state index in [4.69, 9.17) is 4.74 Å². The second-order valence-electron chi connectivity index (χ2n) is 8.51. The van der Waals surface area contributed by atoms with Gasteiger partial charge in [-0.25, -0.2) is 0 Å². The smallest absolute Gasteiger partial charge is 0.309 e. The van der Waals surface area contributed by atoms with E-state index in [1.807, 2.05) is 6.92 Å². The van der Waals surface area contributed by atoms with Crippen LogP contribution in [0.3, 0.4) is 0 Å². The van der Waals surface area contributed by atoms with Gasteiger partial charge in [-0.05, 0) is 30.6 Å². The maximum absolute atomic E-state index is 12.3. The van der Waals surface area contributed by atoms with Crippen LogP contribution in [0.1, 0.15) is 66.7 Å². The Balaban J connectivity index is 4.54. The number of allylic oxidation sites excluding steroid dienone is 1. The van der Waals surface area contributed by atoms with Crippen LogP contribution in [0.25, 0.3) is 0 Å². The summed E-state index contributed by atoms with van der Waals surface area (Å²) in [6.07, 6.45) is 7.14. The largest absolute Gasteiger partial charge is 0.462 e. The van der Waals surface area contributed by atoms with Gasteiger partial charge >= 0.3 is 5.97 Å². The number of hydrogen-bond donors (Lipinski definition) is 0. The lowest BCUT2D eigenvalue weighted by atomic mass is 9.82. The van der Waals surface area contributed by atoms with Crippen molar-refractivity contribution in [2.45, 2.75) is 72.8 Å². The molecule has 4 heteroatoms. The fourth-order valence-electron chi connectivity index (χ4n) is 2.75. The molecule has 0 aromatic heterocycles. The number of rotatable bonds is 12. The molecule has 0 bridgehead atoms. The third-order valence-corrected chi connectivity index (χ3v) is 4.68. The first-order valence-corrected chi connectivity index (χ1v) is 9.69. The van der Waals surface area contributed by atoms with Crippen molar-refractivity contribution in [1.29, 1.82) is 0 Å². The van der Waals surface area contributed by atoms with E-state index in [2.05, 4.69) is 40.9 Å². The van der Waals surface area contributed by atoms with Crippen molar-refractivity contribution >= 4 is 11.9 Å². The Labute approximate surface area is 160 Å². The Morgan fingerprint density at radius 2 is 1.77 bits per heavy atom. The molecule has 0 heterocycles. The summed E-state index contributed by atoms with van der Waals surface area (Å²) in [6, 6.07) is 0. The summed E-state index contributed by atoms with van der Waals surface area (Å²) in [4.78, 5) is 26.0. The van der Waals surface area contributed by atoms with Gasteiger partial charge in [0.2, 0.25) is 5.91 Å². The van der Waals surface area contributed by atoms with E-state index in [0.29, 0.717) is 25.3 Å². The highest BCUT2D eigenvalue weighted by atomic mass is 16.5. The standard InChI is InChI=1S/C22H39NO3/c1-9-12-18(4)21(25)26-19(22(5,6)7)16-17(3)13-11-14-20(24)23(8)15-10-2/h9-10,17-19H,1-2,11-16H2,3-8H3/t17-,18-,19-/m1/s1. The zero-order valence-electron chi connectivity index (χ0n) is 17.7.